The summed E-state index contributed by atoms with van der Waals surface area (Å²) in [4.78, 5) is 28.5. The fourth-order valence-electron chi connectivity index (χ4n) is 3.41. The third-order valence-electron chi connectivity index (χ3n) is 5.02. The number of methoxy groups -OCH3 is 1. The van der Waals surface area contributed by atoms with E-state index in [1.165, 1.54) is 4.90 Å². The van der Waals surface area contributed by atoms with Gasteiger partial charge < -0.3 is 15.0 Å². The van der Waals surface area contributed by atoms with Crippen molar-refractivity contribution in [2.24, 2.45) is 5.10 Å². The van der Waals surface area contributed by atoms with Gasteiger partial charge in [0.05, 0.1) is 23.2 Å². The summed E-state index contributed by atoms with van der Waals surface area (Å²) in [5.74, 6) is -0.216. The minimum atomic E-state index is -0.283. The number of hydrogen-bond donors (Lipinski definition) is 1. The molecular formula is C23H30N4O3S. The van der Waals surface area contributed by atoms with Crippen LogP contribution >= 0.6 is 11.3 Å². The number of hydrogen-bond acceptors (Lipinski definition) is 5. The molecule has 0 saturated heterocycles. The lowest BCUT2D eigenvalue weighted by Crippen LogP contribution is -2.48. The molecule has 0 saturated carbocycles. The molecule has 1 aliphatic heterocycles. The van der Waals surface area contributed by atoms with Crippen molar-refractivity contribution in [1.82, 2.24) is 15.2 Å². The van der Waals surface area contributed by atoms with Crippen LogP contribution in [0.25, 0.3) is 0 Å². The van der Waals surface area contributed by atoms with Crippen LogP contribution in [0.5, 0.6) is 0 Å². The van der Waals surface area contributed by atoms with Gasteiger partial charge in [0.1, 0.15) is 6.54 Å². The fraction of sp³-hybridized carbons (Fsp3) is 0.435. The number of hydrazone groups is 1. The Morgan fingerprint density at radius 3 is 2.65 bits per heavy atom. The van der Waals surface area contributed by atoms with Gasteiger partial charge in [0.25, 0.3) is 5.91 Å². The predicted octanol–water partition coefficient (Wildman–Crippen LogP) is 3.80. The monoisotopic (exact) mass is 442 g/mol. The van der Waals surface area contributed by atoms with E-state index in [-0.39, 0.29) is 30.6 Å². The minimum absolute atomic E-state index is 0.0248. The maximum Gasteiger partial charge on any atom is 0.318 e. The van der Waals surface area contributed by atoms with Crippen LogP contribution in [-0.2, 0) is 9.53 Å². The highest BCUT2D eigenvalue weighted by Crippen LogP contribution is 2.34. The van der Waals surface area contributed by atoms with Crippen LogP contribution in [0.15, 0.2) is 46.9 Å². The number of aryl methyl sites for hydroxylation is 1. The first-order valence-electron chi connectivity index (χ1n) is 10.4. The third-order valence-corrected chi connectivity index (χ3v) is 5.94. The first-order chi connectivity index (χ1) is 14.9. The molecule has 8 heteroatoms. The second-order valence-corrected chi connectivity index (χ2v) is 8.86. The van der Waals surface area contributed by atoms with E-state index in [0.29, 0.717) is 19.6 Å². The Hall–Kier alpha value is -2.71. The maximum atomic E-state index is 13.3. The number of urea groups is 1. The topological polar surface area (TPSA) is 74.2 Å². The van der Waals surface area contributed by atoms with E-state index in [9.17, 15) is 9.59 Å². The normalized spacial score (nSPS) is 15.8. The smallest absolute Gasteiger partial charge is 0.318 e. The van der Waals surface area contributed by atoms with E-state index in [1.54, 1.807) is 23.5 Å². The van der Waals surface area contributed by atoms with Crippen molar-refractivity contribution < 1.29 is 14.3 Å². The number of nitrogens with one attached hydrogen (secondary N) is 1. The van der Waals surface area contributed by atoms with Crippen LogP contribution in [0, 0.1) is 6.92 Å². The zero-order valence-corrected chi connectivity index (χ0v) is 19.3. The minimum Gasteiger partial charge on any atom is -0.383 e. The molecule has 7 nitrogen and oxygen atoms in total. The van der Waals surface area contributed by atoms with Crippen LogP contribution in [0.4, 0.5) is 4.79 Å². The predicted molar refractivity (Wildman–Crippen MR) is 123 cm³/mol. The number of nitrogens with zero attached hydrogens (tertiary/aromatic N) is 3. The molecule has 0 radical (unpaired) electrons. The lowest BCUT2D eigenvalue weighted by atomic mass is 10.00. The molecule has 1 aromatic carbocycles. The molecule has 1 aliphatic rings. The Morgan fingerprint density at radius 2 is 2.03 bits per heavy atom. The van der Waals surface area contributed by atoms with Crippen molar-refractivity contribution in [3.63, 3.8) is 0 Å². The zero-order valence-electron chi connectivity index (χ0n) is 18.5. The first kappa shape index (κ1) is 23.0. The maximum absolute atomic E-state index is 13.3. The molecule has 1 atom stereocenters. The number of thiophene rings is 1. The van der Waals surface area contributed by atoms with Gasteiger partial charge in [-0.3, -0.25) is 4.79 Å². The SMILES string of the molecule is COCCN(CC(=O)N1N=C(c2cccs2)C[C@H]1c1ccc(C)cc1)C(=O)NC(C)C. The van der Waals surface area contributed by atoms with E-state index >= 15 is 0 Å². The van der Waals surface area contributed by atoms with E-state index in [1.807, 2.05) is 62.5 Å². The Balaban J connectivity index is 1.84. The van der Waals surface area contributed by atoms with Gasteiger partial charge >= 0.3 is 6.03 Å². The fourth-order valence-corrected chi connectivity index (χ4v) is 4.13. The van der Waals surface area contributed by atoms with Gasteiger partial charge in [0.15, 0.2) is 0 Å². The summed E-state index contributed by atoms with van der Waals surface area (Å²) in [5.41, 5.74) is 3.09. The van der Waals surface area contributed by atoms with Gasteiger partial charge in [-0.2, -0.15) is 5.10 Å². The van der Waals surface area contributed by atoms with Gasteiger partial charge in [-0.1, -0.05) is 35.9 Å². The van der Waals surface area contributed by atoms with Crippen molar-refractivity contribution in [1.29, 1.82) is 0 Å². The van der Waals surface area contributed by atoms with Crippen molar-refractivity contribution in [2.75, 3.05) is 26.8 Å². The Kier molecular flexibility index (Phi) is 7.81. The number of benzene rings is 1. The molecule has 1 N–H and O–H groups in total. The summed E-state index contributed by atoms with van der Waals surface area (Å²) in [6.45, 7) is 6.43. The molecule has 0 bridgehead atoms. The van der Waals surface area contributed by atoms with Crippen LogP contribution in [0.1, 0.15) is 42.3 Å². The standard InChI is InChI=1S/C23H30N4O3S/c1-16(2)24-23(29)26(11-12-30-4)15-22(28)27-20(18-9-7-17(3)8-10-18)14-19(25-27)21-6-5-13-31-21/h5-10,13,16,20H,11-12,14-15H2,1-4H3,(H,24,29)/t20-/m0/s1. The second kappa shape index (κ2) is 10.5. The lowest BCUT2D eigenvalue weighted by Gasteiger charge is -2.27. The molecule has 3 amide bonds. The molecule has 31 heavy (non-hydrogen) atoms. The number of rotatable bonds is 8. The van der Waals surface area contributed by atoms with Crippen molar-refractivity contribution in [3.8, 4) is 0 Å². The quantitative estimate of drug-likeness (QED) is 0.676. The van der Waals surface area contributed by atoms with Gasteiger partial charge in [-0.05, 0) is 37.8 Å². The largest absolute Gasteiger partial charge is 0.383 e. The van der Waals surface area contributed by atoms with Crippen molar-refractivity contribution in [2.45, 2.75) is 39.3 Å². The summed E-state index contributed by atoms with van der Waals surface area (Å²) in [6, 6.07) is 11.7. The third kappa shape index (κ3) is 5.92. The molecule has 0 unspecified atom stereocenters. The average Bonchev–Trinajstić information content (AvgIpc) is 3.40. The molecule has 1 aromatic heterocycles. The van der Waals surface area contributed by atoms with Gasteiger partial charge in [-0.25, -0.2) is 9.80 Å². The molecule has 2 heterocycles. The summed E-state index contributed by atoms with van der Waals surface area (Å²) in [7, 11) is 1.58. The van der Waals surface area contributed by atoms with Gasteiger partial charge in [0, 0.05) is 26.1 Å². The van der Waals surface area contributed by atoms with Crippen molar-refractivity contribution >= 4 is 29.0 Å². The lowest BCUT2D eigenvalue weighted by molar-refractivity contribution is -0.133. The summed E-state index contributed by atoms with van der Waals surface area (Å²) in [5, 5.41) is 11.1. The molecule has 0 aliphatic carbocycles. The molecular weight excluding hydrogens is 412 g/mol. The van der Waals surface area contributed by atoms with E-state index in [2.05, 4.69) is 10.4 Å². The zero-order chi connectivity index (χ0) is 22.4. The molecule has 2 aromatic rings. The van der Waals surface area contributed by atoms with E-state index in [0.717, 1.165) is 21.7 Å². The van der Waals surface area contributed by atoms with Crippen molar-refractivity contribution in [3.05, 3.63) is 57.8 Å². The van der Waals surface area contributed by atoms with Gasteiger partial charge in [0.2, 0.25) is 0 Å². The van der Waals surface area contributed by atoms with Crippen LogP contribution in [-0.4, -0.2) is 60.4 Å². The average molecular weight is 443 g/mol. The second-order valence-electron chi connectivity index (χ2n) is 7.91. The summed E-state index contributed by atoms with van der Waals surface area (Å²) >= 11 is 1.61. The number of carbonyl (C=O) groups excluding carboxylic acids is 2. The molecule has 3 rings (SSSR count). The van der Waals surface area contributed by atoms with Crippen LogP contribution in [0.2, 0.25) is 0 Å². The highest BCUT2D eigenvalue weighted by molar-refractivity contribution is 7.12. The van der Waals surface area contributed by atoms with E-state index in [4.69, 9.17) is 4.74 Å². The Labute approximate surface area is 187 Å². The molecule has 0 fully saturated rings. The van der Waals surface area contributed by atoms with Crippen LogP contribution in [0.3, 0.4) is 0 Å². The highest BCUT2D eigenvalue weighted by Gasteiger charge is 2.34. The number of amides is 3. The highest BCUT2D eigenvalue weighted by atomic mass is 32.1. The molecule has 166 valence electrons. The number of ether oxygens (including phenoxy) is 1. The van der Waals surface area contributed by atoms with E-state index < -0.39 is 0 Å². The Bertz CT molecular complexity index is 909. The summed E-state index contributed by atoms with van der Waals surface area (Å²) < 4.78 is 5.13. The molecule has 0 spiro atoms. The van der Waals surface area contributed by atoms with Crippen LogP contribution < -0.4 is 5.32 Å². The Morgan fingerprint density at radius 1 is 1.29 bits per heavy atom. The first-order valence-corrected chi connectivity index (χ1v) is 11.3. The van der Waals surface area contributed by atoms with Gasteiger partial charge in [-0.15, -0.1) is 11.3 Å². The summed E-state index contributed by atoms with van der Waals surface area (Å²) in [6.07, 6.45) is 0.644. The number of carbonyl (C=O) groups is 2.